The lowest BCUT2D eigenvalue weighted by Crippen LogP contribution is -2.27. The smallest absolute Gasteiger partial charge is 0.0334 e. The predicted molar refractivity (Wildman–Crippen MR) is 80.7 cm³/mol. The Morgan fingerprint density at radius 2 is 2.00 bits per heavy atom. The number of benzene rings is 1. The molecule has 3 atom stereocenters. The van der Waals surface area contributed by atoms with Crippen LogP contribution in [0.2, 0.25) is 0 Å². The first-order valence-corrected chi connectivity index (χ1v) is 8.17. The third-order valence-corrected chi connectivity index (χ3v) is 5.48. The Balaban J connectivity index is 1.45. The highest BCUT2D eigenvalue weighted by Crippen LogP contribution is 2.43. The number of aryl methyl sites for hydroxylation is 1. The second-order valence-electron chi connectivity index (χ2n) is 5.77. The first-order chi connectivity index (χ1) is 9.42. The molecule has 2 aliphatic rings. The zero-order valence-electron chi connectivity index (χ0n) is 11.0. The van der Waals surface area contributed by atoms with Crippen molar-refractivity contribution in [2.45, 2.75) is 43.7 Å². The van der Waals surface area contributed by atoms with Gasteiger partial charge in [0.2, 0.25) is 0 Å². The maximum atomic E-state index is 3.89. The predicted octanol–water partition coefficient (Wildman–Crippen LogP) is 4.27. The molecule has 1 aromatic heterocycles. The SMILES string of the molecule is c1ccc(C2CC2NC2CCCc3sccc32)cc1. The van der Waals surface area contributed by atoms with Gasteiger partial charge in [-0.05, 0) is 48.3 Å². The van der Waals surface area contributed by atoms with Gasteiger partial charge in [0.05, 0.1) is 0 Å². The van der Waals surface area contributed by atoms with Crippen molar-refractivity contribution >= 4 is 11.3 Å². The van der Waals surface area contributed by atoms with E-state index in [-0.39, 0.29) is 0 Å². The van der Waals surface area contributed by atoms with E-state index in [1.54, 1.807) is 10.4 Å². The zero-order valence-corrected chi connectivity index (χ0v) is 11.8. The molecule has 0 amide bonds. The molecule has 0 spiro atoms. The van der Waals surface area contributed by atoms with Crippen LogP contribution in [0.25, 0.3) is 0 Å². The molecule has 3 unspecified atom stereocenters. The fourth-order valence-corrected chi connectivity index (χ4v) is 4.35. The minimum Gasteiger partial charge on any atom is -0.306 e. The van der Waals surface area contributed by atoms with Crippen molar-refractivity contribution in [3.63, 3.8) is 0 Å². The van der Waals surface area contributed by atoms with E-state index < -0.39 is 0 Å². The molecule has 1 saturated carbocycles. The highest BCUT2D eigenvalue weighted by Gasteiger charge is 2.40. The Kier molecular flexibility index (Phi) is 2.93. The van der Waals surface area contributed by atoms with Gasteiger partial charge in [-0.1, -0.05) is 30.3 Å². The fraction of sp³-hybridized carbons (Fsp3) is 0.412. The molecule has 2 aliphatic carbocycles. The maximum Gasteiger partial charge on any atom is 0.0334 e. The molecule has 4 rings (SSSR count). The Hall–Kier alpha value is -1.12. The average Bonchev–Trinajstić information content (AvgIpc) is 3.05. The van der Waals surface area contributed by atoms with Gasteiger partial charge in [-0.2, -0.15) is 0 Å². The third-order valence-electron chi connectivity index (χ3n) is 4.49. The van der Waals surface area contributed by atoms with Gasteiger partial charge < -0.3 is 5.32 Å². The van der Waals surface area contributed by atoms with Gasteiger partial charge in [0.25, 0.3) is 0 Å². The topological polar surface area (TPSA) is 12.0 Å². The van der Waals surface area contributed by atoms with Crippen LogP contribution in [-0.2, 0) is 6.42 Å². The lowest BCUT2D eigenvalue weighted by molar-refractivity contribution is 0.457. The van der Waals surface area contributed by atoms with E-state index in [2.05, 4.69) is 47.1 Å². The normalized spacial score (nSPS) is 28.9. The molecular formula is C17H19NS. The molecule has 19 heavy (non-hydrogen) atoms. The summed E-state index contributed by atoms with van der Waals surface area (Å²) in [4.78, 5) is 1.61. The quantitative estimate of drug-likeness (QED) is 0.877. The molecule has 1 fully saturated rings. The van der Waals surface area contributed by atoms with Crippen LogP contribution in [-0.4, -0.2) is 6.04 Å². The van der Waals surface area contributed by atoms with Crippen LogP contribution in [0.15, 0.2) is 41.8 Å². The number of nitrogens with one attached hydrogen (secondary N) is 1. The number of hydrogen-bond acceptors (Lipinski definition) is 2. The number of hydrogen-bond donors (Lipinski definition) is 1. The van der Waals surface area contributed by atoms with Crippen LogP contribution in [0, 0.1) is 0 Å². The van der Waals surface area contributed by atoms with Crippen LogP contribution in [0.4, 0.5) is 0 Å². The van der Waals surface area contributed by atoms with Crippen LogP contribution >= 0.6 is 11.3 Å². The Morgan fingerprint density at radius 3 is 2.89 bits per heavy atom. The molecule has 0 radical (unpaired) electrons. The maximum absolute atomic E-state index is 3.89. The largest absolute Gasteiger partial charge is 0.306 e. The van der Waals surface area contributed by atoms with Gasteiger partial charge in [0.1, 0.15) is 0 Å². The van der Waals surface area contributed by atoms with Gasteiger partial charge in [0, 0.05) is 22.9 Å². The summed E-state index contributed by atoms with van der Waals surface area (Å²) in [6.07, 6.45) is 5.24. The second kappa shape index (κ2) is 4.77. The summed E-state index contributed by atoms with van der Waals surface area (Å²) < 4.78 is 0. The van der Waals surface area contributed by atoms with Crippen LogP contribution < -0.4 is 5.32 Å². The summed E-state index contributed by atoms with van der Waals surface area (Å²) in [7, 11) is 0. The van der Waals surface area contributed by atoms with E-state index >= 15 is 0 Å². The first-order valence-electron chi connectivity index (χ1n) is 7.29. The minimum absolute atomic E-state index is 0.605. The van der Waals surface area contributed by atoms with Crippen molar-refractivity contribution < 1.29 is 0 Å². The second-order valence-corrected chi connectivity index (χ2v) is 6.77. The summed E-state index contributed by atoms with van der Waals surface area (Å²) in [6.45, 7) is 0. The summed E-state index contributed by atoms with van der Waals surface area (Å²) in [5.74, 6) is 0.741. The zero-order chi connectivity index (χ0) is 12.7. The van der Waals surface area contributed by atoms with Crippen LogP contribution in [0.1, 0.15) is 47.2 Å². The molecule has 1 nitrogen and oxygen atoms in total. The van der Waals surface area contributed by atoms with Crippen LogP contribution in [0.5, 0.6) is 0 Å². The van der Waals surface area contributed by atoms with Crippen molar-refractivity contribution in [1.29, 1.82) is 0 Å². The van der Waals surface area contributed by atoms with Gasteiger partial charge in [-0.25, -0.2) is 0 Å². The summed E-state index contributed by atoms with van der Waals surface area (Å²) in [5, 5.41) is 6.15. The van der Waals surface area contributed by atoms with E-state index in [4.69, 9.17) is 0 Å². The molecule has 1 heterocycles. The van der Waals surface area contributed by atoms with E-state index in [1.165, 1.54) is 31.2 Å². The fourth-order valence-electron chi connectivity index (χ4n) is 3.37. The Labute approximate surface area is 118 Å². The monoisotopic (exact) mass is 269 g/mol. The summed E-state index contributed by atoms with van der Waals surface area (Å²) in [5.41, 5.74) is 3.08. The standard InChI is InChI=1S/C17H19NS/c1-2-5-12(6-3-1)14-11-16(14)18-15-7-4-8-17-13(15)9-10-19-17/h1-3,5-6,9-10,14-16,18H,4,7-8,11H2. The molecular weight excluding hydrogens is 250 g/mol. The Bertz CT molecular complexity index is 560. The van der Waals surface area contributed by atoms with Gasteiger partial charge in [0.15, 0.2) is 0 Å². The van der Waals surface area contributed by atoms with Crippen molar-refractivity contribution in [2.75, 3.05) is 0 Å². The average molecular weight is 269 g/mol. The lowest BCUT2D eigenvalue weighted by Gasteiger charge is -2.24. The highest BCUT2D eigenvalue weighted by molar-refractivity contribution is 7.10. The van der Waals surface area contributed by atoms with Crippen molar-refractivity contribution in [2.24, 2.45) is 0 Å². The minimum atomic E-state index is 0.605. The van der Waals surface area contributed by atoms with E-state index in [1.807, 2.05) is 11.3 Å². The molecule has 98 valence electrons. The lowest BCUT2D eigenvalue weighted by atomic mass is 9.94. The highest BCUT2D eigenvalue weighted by atomic mass is 32.1. The van der Waals surface area contributed by atoms with Crippen molar-refractivity contribution in [3.8, 4) is 0 Å². The molecule has 2 heteroatoms. The molecule has 0 aliphatic heterocycles. The summed E-state index contributed by atoms with van der Waals surface area (Å²) >= 11 is 1.93. The molecule has 2 aromatic rings. The molecule has 1 aromatic carbocycles. The molecule has 1 N–H and O–H groups in total. The Morgan fingerprint density at radius 1 is 1.11 bits per heavy atom. The number of rotatable bonds is 3. The van der Waals surface area contributed by atoms with Gasteiger partial charge in [-0.15, -0.1) is 11.3 Å². The number of fused-ring (bicyclic) bond motifs is 1. The molecule has 0 bridgehead atoms. The van der Waals surface area contributed by atoms with Gasteiger partial charge >= 0.3 is 0 Å². The van der Waals surface area contributed by atoms with Gasteiger partial charge in [-0.3, -0.25) is 0 Å². The van der Waals surface area contributed by atoms with Crippen LogP contribution in [0.3, 0.4) is 0 Å². The van der Waals surface area contributed by atoms with Crippen molar-refractivity contribution in [3.05, 3.63) is 57.8 Å². The van der Waals surface area contributed by atoms with E-state index in [9.17, 15) is 0 Å². The van der Waals surface area contributed by atoms with E-state index in [0.29, 0.717) is 12.1 Å². The van der Waals surface area contributed by atoms with E-state index in [0.717, 1.165) is 5.92 Å². The molecule has 0 saturated heterocycles. The first kappa shape index (κ1) is 11.7. The number of thiophene rings is 1. The summed E-state index contributed by atoms with van der Waals surface area (Å²) in [6, 6.07) is 14.6. The third kappa shape index (κ3) is 2.24. The van der Waals surface area contributed by atoms with Crippen molar-refractivity contribution in [1.82, 2.24) is 5.32 Å².